The van der Waals surface area contributed by atoms with Gasteiger partial charge in [0.1, 0.15) is 10.1 Å². The molecule has 0 aliphatic rings. The summed E-state index contributed by atoms with van der Waals surface area (Å²) in [5.41, 5.74) is 1.02. The lowest BCUT2D eigenvalue weighted by Gasteiger charge is -2.19. The molecule has 0 fully saturated rings. The molecule has 4 heteroatoms. The number of halogens is 2. The van der Waals surface area contributed by atoms with E-state index in [2.05, 4.69) is 19.0 Å². The van der Waals surface area contributed by atoms with Crippen LogP contribution in [-0.4, -0.2) is 30.6 Å². The summed E-state index contributed by atoms with van der Waals surface area (Å²) in [5.74, 6) is 0.322. The van der Waals surface area contributed by atoms with Crippen molar-refractivity contribution < 1.29 is 5.11 Å². The van der Waals surface area contributed by atoms with Crippen molar-refractivity contribution in [3.63, 3.8) is 0 Å². The normalized spacial score (nSPS) is 11.3. The minimum Gasteiger partial charge on any atom is -0.508 e. The van der Waals surface area contributed by atoms with Crippen molar-refractivity contribution in [1.82, 2.24) is 4.90 Å². The second-order valence-corrected chi connectivity index (χ2v) is 9.98. The van der Waals surface area contributed by atoms with Crippen LogP contribution in [0, 0.1) is 0 Å². The van der Waals surface area contributed by atoms with E-state index in [1.54, 1.807) is 24.3 Å². The Morgan fingerprint density at radius 2 is 1.06 bits per heavy atom. The molecule has 0 heterocycles. The summed E-state index contributed by atoms with van der Waals surface area (Å²) in [6, 6.07) is 18.7. The zero-order chi connectivity index (χ0) is 22.8. The van der Waals surface area contributed by atoms with Gasteiger partial charge in [-0.15, -0.1) is 0 Å². The number of phenols is 1. The largest absolute Gasteiger partial charge is 0.508 e. The molecule has 1 N–H and O–H groups in total. The number of nitrogens with zero attached hydrogens (tertiary/aromatic N) is 1. The maximum atomic E-state index is 8.63. The van der Waals surface area contributed by atoms with Gasteiger partial charge < -0.3 is 10.0 Å². The number of aromatic hydroxyl groups is 1. The molecular formula is C27H41Cl2NO. The van der Waals surface area contributed by atoms with Crippen molar-refractivity contribution in [1.29, 1.82) is 0 Å². The van der Waals surface area contributed by atoms with Crippen LogP contribution < -0.4 is 0 Å². The monoisotopic (exact) mass is 465 g/mol. The molecule has 0 aromatic heterocycles. The van der Waals surface area contributed by atoms with Crippen LogP contribution in [-0.2, 0) is 4.33 Å². The Labute approximate surface area is 200 Å². The van der Waals surface area contributed by atoms with Crippen LogP contribution in [0.5, 0.6) is 5.75 Å². The van der Waals surface area contributed by atoms with Gasteiger partial charge in [0, 0.05) is 0 Å². The summed E-state index contributed by atoms with van der Waals surface area (Å²) in [6.07, 6.45) is 14.1. The molecule has 174 valence electrons. The third-order valence-electron chi connectivity index (χ3n) is 5.30. The van der Waals surface area contributed by atoms with Crippen molar-refractivity contribution in [3.05, 3.63) is 66.2 Å². The second kappa shape index (κ2) is 17.3. The number of hydrogen-bond acceptors (Lipinski definition) is 2. The highest BCUT2D eigenvalue weighted by Gasteiger charge is 2.25. The van der Waals surface area contributed by atoms with Crippen molar-refractivity contribution in [2.24, 2.45) is 0 Å². The standard InChI is InChI=1S/C21H35Cl2N.C6H6O/c1-24(2)19-15-10-8-6-4-3-5-7-9-14-18-21(22,23)20-16-12-11-13-17-20;7-6-4-2-1-3-5-6/h11-13,16-17H,3-10,14-15,18-19H2,1-2H3;1-5,7H. The second-order valence-electron chi connectivity index (χ2n) is 8.49. The van der Waals surface area contributed by atoms with Gasteiger partial charge in [-0.2, -0.15) is 0 Å². The van der Waals surface area contributed by atoms with E-state index in [-0.39, 0.29) is 0 Å². The van der Waals surface area contributed by atoms with Crippen LogP contribution in [0.3, 0.4) is 0 Å². The molecule has 0 aliphatic carbocycles. The van der Waals surface area contributed by atoms with Gasteiger partial charge in [-0.3, -0.25) is 0 Å². The number of rotatable bonds is 14. The highest BCUT2D eigenvalue weighted by Crippen LogP contribution is 2.38. The Morgan fingerprint density at radius 3 is 1.48 bits per heavy atom. The fourth-order valence-corrected chi connectivity index (χ4v) is 3.96. The van der Waals surface area contributed by atoms with E-state index < -0.39 is 4.33 Å². The first-order chi connectivity index (χ1) is 14.9. The SMILES string of the molecule is CN(C)CCCCCCCCCCCCC(Cl)(Cl)c1ccccc1.Oc1ccccc1. The van der Waals surface area contributed by atoms with Gasteiger partial charge in [0.05, 0.1) is 0 Å². The lowest BCUT2D eigenvalue weighted by molar-refractivity contribution is 0.389. The predicted octanol–water partition coefficient (Wildman–Crippen LogP) is 8.56. The average molecular weight is 467 g/mol. The summed E-state index contributed by atoms with van der Waals surface area (Å²) < 4.78 is -0.728. The van der Waals surface area contributed by atoms with Crippen LogP contribution in [0.15, 0.2) is 60.7 Å². The van der Waals surface area contributed by atoms with Gasteiger partial charge in [-0.25, -0.2) is 0 Å². The van der Waals surface area contributed by atoms with Crippen LogP contribution >= 0.6 is 23.2 Å². The van der Waals surface area contributed by atoms with Crippen LogP contribution in [0.4, 0.5) is 0 Å². The van der Waals surface area contributed by atoms with E-state index in [4.69, 9.17) is 28.3 Å². The van der Waals surface area contributed by atoms with Crippen molar-refractivity contribution in [2.45, 2.75) is 75.0 Å². The molecule has 0 saturated heterocycles. The van der Waals surface area contributed by atoms with Gasteiger partial charge in [0.2, 0.25) is 0 Å². The first-order valence-corrected chi connectivity index (χ1v) is 12.5. The summed E-state index contributed by atoms with van der Waals surface area (Å²) in [4.78, 5) is 2.27. The highest BCUT2D eigenvalue weighted by atomic mass is 35.5. The summed E-state index contributed by atoms with van der Waals surface area (Å²) in [5, 5.41) is 8.63. The summed E-state index contributed by atoms with van der Waals surface area (Å²) in [6.45, 7) is 1.23. The van der Waals surface area contributed by atoms with Gasteiger partial charge in [-0.05, 0) is 51.2 Å². The number of hydrogen-bond donors (Lipinski definition) is 1. The predicted molar refractivity (Wildman–Crippen MR) is 137 cm³/mol. The van der Waals surface area contributed by atoms with Crippen LogP contribution in [0.2, 0.25) is 0 Å². The lowest BCUT2D eigenvalue weighted by Crippen LogP contribution is -2.12. The topological polar surface area (TPSA) is 23.5 Å². The van der Waals surface area contributed by atoms with E-state index in [9.17, 15) is 0 Å². The zero-order valence-electron chi connectivity index (χ0n) is 19.4. The van der Waals surface area contributed by atoms with Crippen molar-refractivity contribution >= 4 is 23.2 Å². The first-order valence-electron chi connectivity index (χ1n) is 11.7. The highest BCUT2D eigenvalue weighted by molar-refractivity contribution is 6.48. The Bertz CT molecular complexity index is 647. The molecular weight excluding hydrogens is 425 g/mol. The van der Waals surface area contributed by atoms with E-state index >= 15 is 0 Å². The van der Waals surface area contributed by atoms with E-state index in [0.29, 0.717) is 5.75 Å². The molecule has 0 unspecified atom stereocenters. The maximum Gasteiger partial charge on any atom is 0.143 e. The maximum absolute atomic E-state index is 8.63. The van der Waals surface area contributed by atoms with Crippen molar-refractivity contribution in [2.75, 3.05) is 20.6 Å². The smallest absolute Gasteiger partial charge is 0.143 e. The molecule has 0 aliphatic heterocycles. The number of alkyl halides is 2. The van der Waals surface area contributed by atoms with Crippen molar-refractivity contribution in [3.8, 4) is 5.75 Å². The third kappa shape index (κ3) is 15.3. The summed E-state index contributed by atoms with van der Waals surface area (Å²) in [7, 11) is 4.30. The van der Waals surface area contributed by atoms with Gasteiger partial charge in [0.25, 0.3) is 0 Å². The molecule has 0 atom stereocenters. The minimum atomic E-state index is -0.728. The molecule has 31 heavy (non-hydrogen) atoms. The molecule has 0 bridgehead atoms. The van der Waals surface area contributed by atoms with Gasteiger partial charge in [-0.1, -0.05) is 130 Å². The van der Waals surface area contributed by atoms with E-state index in [1.807, 2.05) is 36.4 Å². The third-order valence-corrected chi connectivity index (χ3v) is 6.11. The zero-order valence-corrected chi connectivity index (χ0v) is 20.9. The van der Waals surface area contributed by atoms with Crippen LogP contribution in [0.1, 0.15) is 76.2 Å². The number of benzene rings is 2. The number of phenolic OH excluding ortho intramolecular Hbond substituents is 1. The minimum absolute atomic E-state index is 0.322. The summed E-state index contributed by atoms with van der Waals surface area (Å²) >= 11 is 12.9. The fourth-order valence-electron chi connectivity index (χ4n) is 3.44. The molecule has 2 aromatic carbocycles. The quantitative estimate of drug-likeness (QED) is 0.223. The molecule has 0 radical (unpaired) electrons. The molecule has 0 amide bonds. The Hall–Kier alpha value is -1.22. The Balaban J connectivity index is 0.000000577. The molecule has 2 rings (SSSR count). The number of unbranched alkanes of at least 4 members (excludes halogenated alkanes) is 9. The fraction of sp³-hybridized carbons (Fsp3) is 0.556. The molecule has 0 spiro atoms. The first kappa shape index (κ1) is 27.8. The lowest BCUT2D eigenvalue weighted by atomic mass is 10.0. The molecule has 0 saturated carbocycles. The molecule has 2 aromatic rings. The van der Waals surface area contributed by atoms with Gasteiger partial charge >= 0.3 is 0 Å². The number of para-hydroxylation sites is 1. The van der Waals surface area contributed by atoms with E-state index in [1.165, 1.54) is 64.3 Å². The van der Waals surface area contributed by atoms with Crippen LogP contribution in [0.25, 0.3) is 0 Å². The van der Waals surface area contributed by atoms with Gasteiger partial charge in [0.15, 0.2) is 0 Å². The Kier molecular flexibility index (Phi) is 15.6. The molecule has 2 nitrogen and oxygen atoms in total. The van der Waals surface area contributed by atoms with E-state index in [0.717, 1.165) is 18.4 Å². The Morgan fingerprint density at radius 1 is 0.645 bits per heavy atom. The average Bonchev–Trinajstić information content (AvgIpc) is 2.76.